The zero-order chi connectivity index (χ0) is 19.8. The first-order chi connectivity index (χ1) is 12.9. The summed E-state index contributed by atoms with van der Waals surface area (Å²) in [5, 5.41) is 2.80. The molecule has 0 fully saturated rings. The Labute approximate surface area is 166 Å². The third-order valence-corrected chi connectivity index (χ3v) is 5.38. The van der Waals surface area contributed by atoms with Crippen molar-refractivity contribution in [2.45, 2.75) is 44.2 Å². The summed E-state index contributed by atoms with van der Waals surface area (Å²) in [6, 6.07) is 17.7. The van der Waals surface area contributed by atoms with E-state index in [4.69, 9.17) is 0 Å². The summed E-state index contributed by atoms with van der Waals surface area (Å²) in [6.45, 7) is 6.29. The lowest BCUT2D eigenvalue weighted by Gasteiger charge is -2.24. The maximum Gasteiger partial charge on any atom is 0.246 e. The van der Waals surface area contributed by atoms with Gasteiger partial charge in [-0.25, -0.2) is 0 Å². The molecule has 0 aliphatic carbocycles. The van der Waals surface area contributed by atoms with Gasteiger partial charge < -0.3 is 10.2 Å². The van der Waals surface area contributed by atoms with Crippen molar-refractivity contribution in [3.8, 4) is 0 Å². The van der Waals surface area contributed by atoms with E-state index in [-0.39, 0.29) is 11.8 Å². The molecular formula is C22H28N2O2S. The van der Waals surface area contributed by atoms with Gasteiger partial charge in [0.2, 0.25) is 11.8 Å². The summed E-state index contributed by atoms with van der Waals surface area (Å²) in [4.78, 5) is 27.2. The van der Waals surface area contributed by atoms with Gasteiger partial charge in [0.15, 0.2) is 0 Å². The van der Waals surface area contributed by atoms with Gasteiger partial charge in [0.05, 0.1) is 0 Å². The average Bonchev–Trinajstić information content (AvgIpc) is 2.65. The second kappa shape index (κ2) is 10.2. The highest BCUT2D eigenvalue weighted by Crippen LogP contribution is 2.23. The highest BCUT2D eigenvalue weighted by Gasteiger charge is 2.23. The molecule has 0 saturated heterocycles. The number of benzene rings is 2. The molecule has 1 unspecified atom stereocenters. The normalized spacial score (nSPS) is 11.9. The number of nitrogens with zero attached hydrogens (tertiary/aromatic N) is 1. The highest BCUT2D eigenvalue weighted by atomic mass is 32.2. The fraction of sp³-hybridized carbons (Fsp3) is 0.364. The zero-order valence-corrected chi connectivity index (χ0v) is 17.3. The number of thioether (sulfide) groups is 1. The molecule has 144 valence electrons. The van der Waals surface area contributed by atoms with E-state index in [1.54, 1.807) is 23.7 Å². The van der Waals surface area contributed by atoms with Crippen LogP contribution >= 0.6 is 11.8 Å². The van der Waals surface area contributed by atoms with Gasteiger partial charge in [-0.05, 0) is 29.2 Å². The van der Waals surface area contributed by atoms with E-state index in [2.05, 4.69) is 43.4 Å². The molecule has 4 nitrogen and oxygen atoms in total. The van der Waals surface area contributed by atoms with Crippen LogP contribution in [0.5, 0.6) is 0 Å². The van der Waals surface area contributed by atoms with E-state index in [0.717, 1.165) is 10.5 Å². The van der Waals surface area contributed by atoms with Crippen LogP contribution in [0.3, 0.4) is 0 Å². The van der Waals surface area contributed by atoms with E-state index in [9.17, 15) is 9.59 Å². The van der Waals surface area contributed by atoms with E-state index < -0.39 is 6.04 Å². The van der Waals surface area contributed by atoms with E-state index in [1.165, 1.54) is 12.5 Å². The van der Waals surface area contributed by atoms with Crippen molar-refractivity contribution in [2.24, 2.45) is 0 Å². The molecule has 2 amide bonds. The van der Waals surface area contributed by atoms with Gasteiger partial charge in [-0.15, -0.1) is 11.8 Å². The topological polar surface area (TPSA) is 49.4 Å². The Morgan fingerprint density at radius 1 is 1.04 bits per heavy atom. The second-order valence-electron chi connectivity index (χ2n) is 6.97. The van der Waals surface area contributed by atoms with Crippen LogP contribution in [0.4, 0.5) is 0 Å². The van der Waals surface area contributed by atoms with Gasteiger partial charge >= 0.3 is 0 Å². The fourth-order valence-corrected chi connectivity index (χ4v) is 3.66. The number of rotatable bonds is 8. The third kappa shape index (κ3) is 6.75. The number of carbonyl (C=O) groups excluding carboxylic acids is 2. The van der Waals surface area contributed by atoms with Gasteiger partial charge in [-0.3, -0.25) is 9.59 Å². The van der Waals surface area contributed by atoms with Crippen LogP contribution in [0.2, 0.25) is 0 Å². The smallest absolute Gasteiger partial charge is 0.246 e. The van der Waals surface area contributed by atoms with E-state index in [1.807, 2.05) is 30.3 Å². The van der Waals surface area contributed by atoms with Crippen LogP contribution in [0.1, 0.15) is 37.8 Å². The number of hydrogen-bond donors (Lipinski definition) is 1. The van der Waals surface area contributed by atoms with Crippen molar-refractivity contribution in [1.82, 2.24) is 10.2 Å². The minimum atomic E-state index is -0.550. The highest BCUT2D eigenvalue weighted by molar-refractivity contribution is 7.99. The van der Waals surface area contributed by atoms with Gasteiger partial charge in [-0.2, -0.15) is 0 Å². The molecule has 0 aliphatic rings. The standard InChI is InChI=1S/C22H28N2O2S/c1-16(2)19-10-12-20(13-11-19)27-15-21(23-17(3)25)22(26)24(4)14-18-8-6-5-7-9-18/h5-13,16,21H,14-15H2,1-4H3,(H,23,25). The predicted molar refractivity (Wildman–Crippen MR) is 112 cm³/mol. The van der Waals surface area contributed by atoms with Crippen LogP contribution in [-0.4, -0.2) is 35.6 Å². The summed E-state index contributed by atoms with van der Waals surface area (Å²) in [7, 11) is 1.77. The number of likely N-dealkylation sites (N-methyl/N-ethyl adjacent to an activating group) is 1. The molecule has 2 aromatic rings. The van der Waals surface area contributed by atoms with E-state index in [0.29, 0.717) is 18.2 Å². The molecule has 0 aliphatic heterocycles. The molecule has 0 saturated carbocycles. The lowest BCUT2D eigenvalue weighted by molar-refractivity contribution is -0.134. The molecule has 0 spiro atoms. The molecule has 27 heavy (non-hydrogen) atoms. The van der Waals surface area contributed by atoms with Gasteiger partial charge in [0.25, 0.3) is 0 Å². The maximum absolute atomic E-state index is 12.8. The van der Waals surface area contributed by atoms with E-state index >= 15 is 0 Å². The Kier molecular flexibility index (Phi) is 7.92. The summed E-state index contributed by atoms with van der Waals surface area (Å²) < 4.78 is 0. The summed E-state index contributed by atoms with van der Waals surface area (Å²) in [6.07, 6.45) is 0. The molecular weight excluding hydrogens is 356 g/mol. The Morgan fingerprint density at radius 2 is 1.67 bits per heavy atom. The fourth-order valence-electron chi connectivity index (χ4n) is 2.75. The van der Waals surface area contributed by atoms with Crippen LogP contribution in [0.15, 0.2) is 59.5 Å². The van der Waals surface area contributed by atoms with Crippen LogP contribution in [0.25, 0.3) is 0 Å². The average molecular weight is 385 g/mol. The molecule has 0 heterocycles. The number of amides is 2. The number of hydrogen-bond acceptors (Lipinski definition) is 3. The third-order valence-electron chi connectivity index (χ3n) is 4.28. The van der Waals surface area contributed by atoms with Crippen molar-refractivity contribution in [1.29, 1.82) is 0 Å². The van der Waals surface area contributed by atoms with Crippen molar-refractivity contribution in [3.05, 3.63) is 65.7 Å². The Morgan fingerprint density at radius 3 is 2.22 bits per heavy atom. The first-order valence-corrected chi connectivity index (χ1v) is 10.1. The van der Waals surface area contributed by atoms with Gasteiger partial charge in [0.1, 0.15) is 6.04 Å². The monoisotopic (exact) mass is 384 g/mol. The lowest BCUT2D eigenvalue weighted by Crippen LogP contribution is -2.48. The predicted octanol–water partition coefficient (Wildman–Crippen LogP) is 4.07. The first-order valence-electron chi connectivity index (χ1n) is 9.15. The minimum absolute atomic E-state index is 0.0830. The van der Waals surface area contributed by atoms with Gasteiger partial charge in [0, 0.05) is 31.2 Å². The Bertz CT molecular complexity index is 745. The molecule has 2 aromatic carbocycles. The molecule has 1 atom stereocenters. The molecule has 0 bridgehead atoms. The minimum Gasteiger partial charge on any atom is -0.344 e. The van der Waals surface area contributed by atoms with Crippen molar-refractivity contribution in [3.63, 3.8) is 0 Å². The Hall–Kier alpha value is -2.27. The second-order valence-corrected chi connectivity index (χ2v) is 8.06. The molecule has 5 heteroatoms. The zero-order valence-electron chi connectivity index (χ0n) is 16.4. The summed E-state index contributed by atoms with van der Waals surface area (Å²) in [5.74, 6) is 0.709. The van der Waals surface area contributed by atoms with Crippen molar-refractivity contribution in [2.75, 3.05) is 12.8 Å². The Balaban J connectivity index is 2.00. The molecule has 2 rings (SSSR count). The van der Waals surface area contributed by atoms with Crippen LogP contribution in [0, 0.1) is 0 Å². The molecule has 0 aromatic heterocycles. The van der Waals surface area contributed by atoms with Crippen LogP contribution < -0.4 is 5.32 Å². The van der Waals surface area contributed by atoms with Crippen molar-refractivity contribution < 1.29 is 9.59 Å². The summed E-state index contributed by atoms with van der Waals surface area (Å²) in [5.41, 5.74) is 2.35. The maximum atomic E-state index is 12.8. The van der Waals surface area contributed by atoms with Gasteiger partial charge in [-0.1, -0.05) is 56.3 Å². The first kappa shape index (κ1) is 21.0. The number of nitrogens with one attached hydrogen (secondary N) is 1. The largest absolute Gasteiger partial charge is 0.344 e. The lowest BCUT2D eigenvalue weighted by atomic mass is 10.0. The molecule has 1 N–H and O–H groups in total. The SMILES string of the molecule is CC(=O)NC(CSc1ccc(C(C)C)cc1)C(=O)N(C)Cc1ccccc1. The quantitative estimate of drug-likeness (QED) is 0.698. The molecule has 0 radical (unpaired) electrons. The van der Waals surface area contributed by atoms with Crippen LogP contribution in [-0.2, 0) is 16.1 Å². The van der Waals surface area contributed by atoms with Crippen molar-refractivity contribution >= 4 is 23.6 Å². The summed E-state index contributed by atoms with van der Waals surface area (Å²) >= 11 is 1.58. The number of carbonyl (C=O) groups is 2.